The minimum atomic E-state index is -2.60. The number of ether oxygens (including phenoxy) is 1. The fourth-order valence-corrected chi connectivity index (χ4v) is 4.55. The molecule has 0 spiro atoms. The second-order valence-corrected chi connectivity index (χ2v) is 8.80. The highest BCUT2D eigenvalue weighted by Gasteiger charge is 2.26. The molecule has 0 saturated carbocycles. The fraction of sp³-hybridized carbons (Fsp3) is 0.320. The minimum Gasteiger partial charge on any atom is -0.487 e. The molecule has 0 atom stereocenters. The zero-order chi connectivity index (χ0) is 24.9. The molecule has 0 saturated heterocycles. The first-order valence-corrected chi connectivity index (χ1v) is 11.3. The lowest BCUT2D eigenvalue weighted by molar-refractivity contribution is 0.0820. The van der Waals surface area contributed by atoms with Gasteiger partial charge in [-0.3, -0.25) is 14.5 Å². The SMILES string of the molecule is Cc1cc2c(N3CCN(C)c4cc(-c5cnn(C)c5)ncc43)cc(OCC(F)F)cc2n(C)c1=O. The van der Waals surface area contributed by atoms with Crippen LogP contribution in [-0.4, -0.2) is 52.5 Å². The number of aromatic nitrogens is 4. The van der Waals surface area contributed by atoms with Crippen molar-refractivity contribution >= 4 is 28.0 Å². The number of rotatable bonds is 5. The number of likely N-dealkylation sites (N-methyl/N-ethyl adjacent to an activating group) is 1. The van der Waals surface area contributed by atoms with Crippen LogP contribution in [0, 0.1) is 6.92 Å². The van der Waals surface area contributed by atoms with E-state index in [-0.39, 0.29) is 11.3 Å². The van der Waals surface area contributed by atoms with E-state index in [1.807, 2.05) is 38.6 Å². The number of hydrogen-bond donors (Lipinski definition) is 0. The molecule has 3 aromatic heterocycles. The third-order valence-corrected chi connectivity index (χ3v) is 6.36. The molecule has 0 radical (unpaired) electrons. The van der Waals surface area contributed by atoms with E-state index in [4.69, 9.17) is 4.74 Å². The smallest absolute Gasteiger partial charge is 0.272 e. The van der Waals surface area contributed by atoms with E-state index >= 15 is 0 Å². The summed E-state index contributed by atoms with van der Waals surface area (Å²) < 4.78 is 34.4. The van der Waals surface area contributed by atoms with Gasteiger partial charge in [-0.2, -0.15) is 5.10 Å². The zero-order valence-corrected chi connectivity index (χ0v) is 20.0. The van der Waals surface area contributed by atoms with E-state index in [1.54, 1.807) is 37.0 Å². The number of hydrogen-bond acceptors (Lipinski definition) is 6. The summed E-state index contributed by atoms with van der Waals surface area (Å²) in [4.78, 5) is 21.6. The second kappa shape index (κ2) is 8.68. The Labute approximate surface area is 201 Å². The molecule has 0 amide bonds. The Morgan fingerprint density at radius 1 is 1.03 bits per heavy atom. The summed E-state index contributed by atoms with van der Waals surface area (Å²) in [6.07, 6.45) is 2.91. The summed E-state index contributed by atoms with van der Waals surface area (Å²) in [6.45, 7) is 2.43. The van der Waals surface area contributed by atoms with Gasteiger partial charge in [0.05, 0.1) is 40.7 Å². The third-order valence-electron chi connectivity index (χ3n) is 6.36. The molecule has 0 bridgehead atoms. The van der Waals surface area contributed by atoms with Crippen molar-refractivity contribution in [3.8, 4) is 17.0 Å². The van der Waals surface area contributed by atoms with Crippen molar-refractivity contribution in [1.29, 1.82) is 0 Å². The lowest BCUT2D eigenvalue weighted by atomic mass is 10.1. The maximum absolute atomic E-state index is 12.9. The first-order chi connectivity index (χ1) is 16.7. The summed E-state index contributed by atoms with van der Waals surface area (Å²) in [5.74, 6) is 0.284. The number of anilines is 3. The van der Waals surface area contributed by atoms with Gasteiger partial charge in [-0.15, -0.1) is 0 Å². The molecule has 0 aliphatic carbocycles. The average Bonchev–Trinajstić information content (AvgIpc) is 3.28. The zero-order valence-electron chi connectivity index (χ0n) is 20.0. The Morgan fingerprint density at radius 2 is 1.83 bits per heavy atom. The Hall–Kier alpha value is -3.95. The van der Waals surface area contributed by atoms with Crippen molar-refractivity contribution in [3.63, 3.8) is 0 Å². The van der Waals surface area contributed by atoms with Gasteiger partial charge in [-0.05, 0) is 19.1 Å². The van der Waals surface area contributed by atoms with E-state index < -0.39 is 13.0 Å². The summed E-state index contributed by atoms with van der Waals surface area (Å²) in [7, 11) is 5.56. The van der Waals surface area contributed by atoms with Gasteiger partial charge in [-0.1, -0.05) is 0 Å². The van der Waals surface area contributed by atoms with Crippen LogP contribution in [0.5, 0.6) is 5.75 Å². The van der Waals surface area contributed by atoms with E-state index in [0.717, 1.165) is 40.3 Å². The van der Waals surface area contributed by atoms with Gasteiger partial charge in [0.2, 0.25) is 0 Å². The summed E-state index contributed by atoms with van der Waals surface area (Å²) in [5.41, 5.74) is 5.43. The maximum atomic E-state index is 12.9. The van der Waals surface area contributed by atoms with Crippen LogP contribution in [0.4, 0.5) is 25.8 Å². The second-order valence-electron chi connectivity index (χ2n) is 8.80. The van der Waals surface area contributed by atoms with Gasteiger partial charge in [-0.25, -0.2) is 8.78 Å². The van der Waals surface area contributed by atoms with Crippen LogP contribution >= 0.6 is 0 Å². The average molecular weight is 481 g/mol. The molecule has 1 aliphatic heterocycles. The van der Waals surface area contributed by atoms with Crippen LogP contribution in [-0.2, 0) is 14.1 Å². The quantitative estimate of drug-likeness (QED) is 0.432. The highest BCUT2D eigenvalue weighted by Crippen LogP contribution is 2.42. The standard InChI is InChI=1S/C25H26F2N6O2/c1-15-7-18-20(32(4)25(15)34)8-17(35-14-24(26)27)9-21(18)33-6-5-30(2)22-10-19(28-12-23(22)33)16-11-29-31(3)13-16/h7-13,24H,5-6,14H2,1-4H3. The van der Waals surface area contributed by atoms with Crippen LogP contribution in [0.1, 0.15) is 5.56 Å². The van der Waals surface area contributed by atoms with E-state index in [2.05, 4.69) is 19.9 Å². The molecule has 182 valence electrons. The molecule has 5 rings (SSSR count). The largest absolute Gasteiger partial charge is 0.487 e. The number of fused-ring (bicyclic) bond motifs is 2. The topological polar surface area (TPSA) is 68.4 Å². The molecule has 4 aromatic rings. The minimum absolute atomic E-state index is 0.143. The van der Waals surface area contributed by atoms with Crippen molar-refractivity contribution in [2.75, 3.05) is 36.5 Å². The van der Waals surface area contributed by atoms with Crippen LogP contribution in [0.25, 0.3) is 22.2 Å². The molecule has 1 aliphatic rings. The first kappa shape index (κ1) is 22.8. The van der Waals surface area contributed by atoms with Gasteiger partial charge in [0.15, 0.2) is 0 Å². The molecule has 0 fully saturated rings. The van der Waals surface area contributed by atoms with Crippen molar-refractivity contribution in [2.45, 2.75) is 13.3 Å². The number of nitrogens with zero attached hydrogens (tertiary/aromatic N) is 6. The van der Waals surface area contributed by atoms with Gasteiger partial charge in [0, 0.05) is 69.1 Å². The van der Waals surface area contributed by atoms with Crippen molar-refractivity contribution in [1.82, 2.24) is 19.3 Å². The molecule has 0 N–H and O–H groups in total. The summed E-state index contributed by atoms with van der Waals surface area (Å²) in [6, 6.07) is 7.28. The van der Waals surface area contributed by atoms with Crippen LogP contribution in [0.2, 0.25) is 0 Å². The van der Waals surface area contributed by atoms with Crippen molar-refractivity contribution in [3.05, 3.63) is 58.8 Å². The van der Waals surface area contributed by atoms with Gasteiger partial charge in [0.1, 0.15) is 12.4 Å². The molecule has 4 heterocycles. The van der Waals surface area contributed by atoms with Crippen molar-refractivity contribution < 1.29 is 13.5 Å². The number of halogens is 2. The van der Waals surface area contributed by atoms with E-state index in [9.17, 15) is 13.6 Å². The first-order valence-electron chi connectivity index (χ1n) is 11.3. The molecule has 0 unspecified atom stereocenters. The maximum Gasteiger partial charge on any atom is 0.272 e. The van der Waals surface area contributed by atoms with Gasteiger partial charge >= 0.3 is 0 Å². The summed E-state index contributed by atoms with van der Waals surface area (Å²) in [5, 5.41) is 5.08. The van der Waals surface area contributed by atoms with Gasteiger partial charge in [0.25, 0.3) is 12.0 Å². The molecular weight excluding hydrogens is 454 g/mol. The molecule has 35 heavy (non-hydrogen) atoms. The number of alkyl halides is 2. The van der Waals surface area contributed by atoms with E-state index in [1.165, 1.54) is 4.57 Å². The number of aryl methyl sites for hydroxylation is 3. The molecule has 10 heteroatoms. The summed E-state index contributed by atoms with van der Waals surface area (Å²) >= 11 is 0. The Bertz CT molecular complexity index is 1480. The van der Waals surface area contributed by atoms with Gasteiger partial charge < -0.3 is 19.1 Å². The molecular formula is C25H26F2N6O2. The Balaban J connectivity index is 1.68. The van der Waals surface area contributed by atoms with Crippen LogP contribution in [0.3, 0.4) is 0 Å². The normalized spacial score (nSPS) is 13.6. The number of benzene rings is 1. The predicted molar refractivity (Wildman–Crippen MR) is 132 cm³/mol. The number of pyridine rings is 2. The lowest BCUT2D eigenvalue weighted by Crippen LogP contribution is -2.37. The highest BCUT2D eigenvalue weighted by atomic mass is 19.3. The van der Waals surface area contributed by atoms with Crippen LogP contribution in [0.15, 0.2) is 47.7 Å². The third kappa shape index (κ3) is 4.09. The Morgan fingerprint density at radius 3 is 2.54 bits per heavy atom. The highest BCUT2D eigenvalue weighted by molar-refractivity contribution is 5.98. The molecule has 1 aromatic carbocycles. The predicted octanol–water partition coefficient (Wildman–Crippen LogP) is 3.87. The molecule has 8 nitrogen and oxygen atoms in total. The lowest BCUT2D eigenvalue weighted by Gasteiger charge is -2.37. The van der Waals surface area contributed by atoms with Crippen LogP contribution < -0.4 is 20.1 Å². The fourth-order valence-electron chi connectivity index (χ4n) is 4.55. The monoisotopic (exact) mass is 480 g/mol. The van der Waals surface area contributed by atoms with Crippen molar-refractivity contribution in [2.24, 2.45) is 14.1 Å². The Kier molecular flexibility index (Phi) is 5.66. The van der Waals surface area contributed by atoms with E-state index in [0.29, 0.717) is 17.6 Å².